The van der Waals surface area contributed by atoms with Crippen molar-refractivity contribution in [3.05, 3.63) is 58.7 Å². The minimum Gasteiger partial charge on any atom is -0.396 e. The van der Waals surface area contributed by atoms with E-state index in [1.807, 2.05) is 59.9 Å². The van der Waals surface area contributed by atoms with Gasteiger partial charge in [0, 0.05) is 17.7 Å². The summed E-state index contributed by atoms with van der Waals surface area (Å²) < 4.78 is 10.9. The Morgan fingerprint density at radius 1 is 0.667 bits per heavy atom. The van der Waals surface area contributed by atoms with E-state index in [1.165, 1.54) is 0 Å². The first kappa shape index (κ1) is 32.8. The maximum absolute atomic E-state index is 10.5. The van der Waals surface area contributed by atoms with Gasteiger partial charge in [-0.2, -0.15) is 0 Å². The molecule has 2 aromatic rings. The average Bonchev–Trinajstić information content (AvgIpc) is 3.31. The number of aliphatic hydroxyl groups is 8. The maximum Gasteiger partial charge on any atom is 0.147 e. The highest BCUT2D eigenvalue weighted by Crippen LogP contribution is 2.63. The Balaban J connectivity index is 1.30. The molecule has 3 heterocycles. The number of benzene rings is 2. The Morgan fingerprint density at radius 2 is 1.16 bits per heavy atom. The van der Waals surface area contributed by atoms with Crippen molar-refractivity contribution in [1.82, 2.24) is 0 Å². The molecule has 2 aromatic carbocycles. The van der Waals surface area contributed by atoms with Crippen molar-refractivity contribution in [1.29, 1.82) is 0 Å². The number of hydrogen-bond donors (Lipinski definition) is 8. The molecule has 0 saturated carbocycles. The van der Waals surface area contributed by atoms with Crippen LogP contribution in [0.2, 0.25) is 0 Å². The summed E-state index contributed by atoms with van der Waals surface area (Å²) in [6.45, 7) is -0.762. The van der Waals surface area contributed by atoms with Crippen molar-refractivity contribution in [3.8, 4) is 34.8 Å². The predicted molar refractivity (Wildman–Crippen MR) is 168 cm³/mol. The second kappa shape index (κ2) is 13.5. The summed E-state index contributed by atoms with van der Waals surface area (Å²) in [6, 6.07) is 11.9. The van der Waals surface area contributed by atoms with Crippen molar-refractivity contribution in [2.45, 2.75) is 78.0 Å². The summed E-state index contributed by atoms with van der Waals surface area (Å²) in [6.07, 6.45) is -11.4. The van der Waals surface area contributed by atoms with Crippen LogP contribution in [0.1, 0.15) is 35.1 Å². The molecule has 6 rings (SSSR count). The third-order valence-corrected chi connectivity index (χ3v) is 12.1. The zero-order valence-corrected chi connectivity index (χ0v) is 25.8. The van der Waals surface area contributed by atoms with Crippen LogP contribution in [0.5, 0.6) is 0 Å². The van der Waals surface area contributed by atoms with Gasteiger partial charge in [0.25, 0.3) is 0 Å². The first-order valence-electron chi connectivity index (χ1n) is 14.9. The molecule has 3 fully saturated rings. The minimum absolute atomic E-state index is 0.103. The van der Waals surface area contributed by atoms with E-state index in [0.717, 1.165) is 40.2 Å². The van der Waals surface area contributed by atoms with Gasteiger partial charge in [-0.3, -0.25) is 0 Å². The van der Waals surface area contributed by atoms with Crippen LogP contribution in [0.15, 0.2) is 36.4 Å². The van der Waals surface area contributed by atoms with Crippen LogP contribution in [-0.4, -0.2) is 127 Å². The van der Waals surface area contributed by atoms with Crippen LogP contribution in [-0.2, 0) is 13.6 Å². The maximum atomic E-state index is 10.5. The SMILES string of the molecule is OCC[C@H]1O[C@H](C#Cc2ccc3c(c2)C2(SCCCS2)c2cc(C#C[C@H]4O[C@H](CO)[C@@H](O)[C@H](O)[C@@H]4O)ccc2-3)[C@@H](O)[C@@H](O)[C@@H]1O. The van der Waals surface area contributed by atoms with Gasteiger partial charge in [-0.25, -0.2) is 0 Å². The predicted octanol–water partition coefficient (Wildman–Crippen LogP) is -0.484. The van der Waals surface area contributed by atoms with E-state index in [9.17, 15) is 40.9 Å². The van der Waals surface area contributed by atoms with E-state index in [0.29, 0.717) is 11.1 Å². The Kier molecular flexibility index (Phi) is 9.86. The molecule has 1 spiro atoms. The van der Waals surface area contributed by atoms with Gasteiger partial charge in [0.15, 0.2) is 0 Å². The average molecular weight is 657 g/mol. The van der Waals surface area contributed by atoms with Crippen molar-refractivity contribution in [2.75, 3.05) is 24.7 Å². The van der Waals surface area contributed by atoms with Gasteiger partial charge < -0.3 is 50.3 Å². The summed E-state index contributed by atoms with van der Waals surface area (Å²) in [7, 11) is 0. The summed E-state index contributed by atoms with van der Waals surface area (Å²) in [5.74, 6) is 13.8. The Morgan fingerprint density at radius 3 is 1.64 bits per heavy atom. The third-order valence-electron chi connectivity index (χ3n) is 8.67. The van der Waals surface area contributed by atoms with Gasteiger partial charge in [-0.15, -0.1) is 23.5 Å². The van der Waals surface area contributed by atoms with E-state index >= 15 is 0 Å². The molecule has 1 aliphatic carbocycles. The van der Waals surface area contributed by atoms with Crippen LogP contribution in [0.3, 0.4) is 0 Å². The highest BCUT2D eigenvalue weighted by Gasteiger charge is 2.47. The Hall–Kier alpha value is -2.14. The van der Waals surface area contributed by atoms with Crippen molar-refractivity contribution >= 4 is 23.5 Å². The summed E-state index contributed by atoms with van der Waals surface area (Å²) in [5.41, 5.74) is 5.71. The van der Waals surface area contributed by atoms with Crippen LogP contribution >= 0.6 is 23.5 Å². The van der Waals surface area contributed by atoms with E-state index in [1.54, 1.807) is 0 Å². The highest BCUT2D eigenvalue weighted by atomic mass is 32.2. The zero-order chi connectivity index (χ0) is 31.9. The summed E-state index contributed by atoms with van der Waals surface area (Å²) in [5, 5.41) is 80.4. The van der Waals surface area contributed by atoms with Gasteiger partial charge >= 0.3 is 0 Å². The molecule has 3 aliphatic heterocycles. The molecule has 10 atom stereocenters. The van der Waals surface area contributed by atoms with E-state index < -0.39 is 71.7 Å². The standard InChI is InChI=1S/C33H36O10S2/c34-11-10-25-29(38)31(40)27(36)23(42-25)8-4-17-2-6-19-20-7-3-18(5-9-24-28(37)32(41)30(39)26(16-35)43-24)15-22(20)33(21(19)14-17)44-12-1-13-45-33/h2-3,6-7,14-15,23-32,34-41H,1,10-13,16H2/t23-,24-,25-,26-,27-,28-,29-,30-,31-,32-/m1/s1. The normalized spacial score (nSPS) is 35.0. The number of fused-ring (bicyclic) bond motifs is 5. The molecular weight excluding hydrogens is 620 g/mol. The lowest BCUT2D eigenvalue weighted by molar-refractivity contribution is -0.214. The van der Waals surface area contributed by atoms with Gasteiger partial charge in [0.1, 0.15) is 59.0 Å². The molecule has 45 heavy (non-hydrogen) atoms. The molecule has 3 saturated heterocycles. The fourth-order valence-electron chi connectivity index (χ4n) is 6.21. The molecule has 240 valence electrons. The largest absolute Gasteiger partial charge is 0.396 e. The van der Waals surface area contributed by atoms with Gasteiger partial charge in [-0.05, 0) is 70.9 Å². The van der Waals surface area contributed by atoms with E-state index in [2.05, 4.69) is 23.7 Å². The lowest BCUT2D eigenvalue weighted by Gasteiger charge is -2.38. The monoisotopic (exact) mass is 656 g/mol. The smallest absolute Gasteiger partial charge is 0.147 e. The molecule has 0 radical (unpaired) electrons. The fraction of sp³-hybridized carbons (Fsp3) is 0.515. The first-order valence-corrected chi connectivity index (χ1v) is 16.9. The Labute approximate surface area is 269 Å². The van der Waals surface area contributed by atoms with Crippen molar-refractivity contribution < 1.29 is 50.3 Å². The molecule has 8 N–H and O–H groups in total. The van der Waals surface area contributed by atoms with Crippen LogP contribution < -0.4 is 0 Å². The van der Waals surface area contributed by atoms with Gasteiger partial charge in [0.2, 0.25) is 0 Å². The van der Waals surface area contributed by atoms with Crippen LogP contribution in [0, 0.1) is 23.7 Å². The zero-order valence-electron chi connectivity index (χ0n) is 24.2. The summed E-state index contributed by atoms with van der Waals surface area (Å²) in [4.78, 5) is 0. The second-order valence-corrected chi connectivity index (χ2v) is 14.4. The fourth-order valence-corrected chi connectivity index (χ4v) is 9.68. The molecule has 0 bridgehead atoms. The van der Waals surface area contributed by atoms with Crippen molar-refractivity contribution in [3.63, 3.8) is 0 Å². The molecule has 10 nitrogen and oxygen atoms in total. The van der Waals surface area contributed by atoms with Crippen molar-refractivity contribution in [2.24, 2.45) is 0 Å². The second-order valence-electron chi connectivity index (χ2n) is 11.6. The summed E-state index contributed by atoms with van der Waals surface area (Å²) >= 11 is 3.69. The number of aliphatic hydroxyl groups excluding tert-OH is 8. The Bertz CT molecular complexity index is 1520. The molecule has 0 aromatic heterocycles. The quantitative estimate of drug-likeness (QED) is 0.199. The number of rotatable bonds is 3. The van der Waals surface area contributed by atoms with E-state index in [4.69, 9.17) is 9.47 Å². The first-order chi connectivity index (χ1) is 21.7. The van der Waals surface area contributed by atoms with Gasteiger partial charge in [-0.1, -0.05) is 35.8 Å². The molecule has 12 heteroatoms. The number of ether oxygens (including phenoxy) is 2. The molecule has 0 amide bonds. The molecule has 0 unspecified atom stereocenters. The van der Waals surface area contributed by atoms with E-state index in [-0.39, 0.29) is 13.0 Å². The minimum atomic E-state index is -1.49. The van der Waals surface area contributed by atoms with Gasteiger partial charge in [0.05, 0.1) is 12.7 Å². The lowest BCUT2D eigenvalue weighted by Crippen LogP contribution is -2.58. The molecular formula is C33H36O10S2. The molecule has 4 aliphatic rings. The number of hydrogen-bond acceptors (Lipinski definition) is 12. The van der Waals surface area contributed by atoms with Crippen LogP contribution in [0.25, 0.3) is 11.1 Å². The topological polar surface area (TPSA) is 180 Å². The van der Waals surface area contributed by atoms with Crippen LogP contribution in [0.4, 0.5) is 0 Å². The number of thioether (sulfide) groups is 2. The third kappa shape index (κ3) is 6.05. The highest BCUT2D eigenvalue weighted by molar-refractivity contribution is 8.18. The lowest BCUT2D eigenvalue weighted by atomic mass is 9.93.